The van der Waals surface area contributed by atoms with Gasteiger partial charge in [-0.1, -0.05) is 12.1 Å². The first-order valence-corrected chi connectivity index (χ1v) is 9.69. The number of hydrogen-bond donors (Lipinski definition) is 2. The third-order valence-corrected chi connectivity index (χ3v) is 5.46. The maximum atomic E-state index is 12.0. The summed E-state index contributed by atoms with van der Waals surface area (Å²) in [5.41, 5.74) is 1.60. The topological polar surface area (TPSA) is 111 Å². The van der Waals surface area contributed by atoms with E-state index in [1.54, 1.807) is 18.3 Å². The summed E-state index contributed by atoms with van der Waals surface area (Å²) in [7, 11) is -3.68. The molecule has 1 aromatic carbocycles. The molecule has 0 aliphatic rings. The summed E-state index contributed by atoms with van der Waals surface area (Å²) in [6, 6.07) is 8.10. The van der Waals surface area contributed by atoms with Crippen LogP contribution in [-0.2, 0) is 16.6 Å². The molecule has 9 heteroatoms. The largest absolute Gasteiger partial charge is 0.335 e. The van der Waals surface area contributed by atoms with Gasteiger partial charge in [-0.3, -0.25) is 9.20 Å². The smallest absolute Gasteiger partial charge is 0.258 e. The van der Waals surface area contributed by atoms with Gasteiger partial charge in [0.2, 0.25) is 10.0 Å². The highest BCUT2D eigenvalue weighted by Gasteiger charge is 2.13. The minimum atomic E-state index is -3.68. The lowest BCUT2D eigenvalue weighted by Crippen LogP contribution is -2.83. The Bertz CT molecular complexity index is 1020. The normalized spacial score (nSPS) is 13.2. The van der Waals surface area contributed by atoms with Crippen LogP contribution < -0.4 is 16.0 Å². The van der Waals surface area contributed by atoms with Crippen LogP contribution in [0.2, 0.25) is 0 Å². The minimum Gasteiger partial charge on any atom is -0.335 e. The van der Waals surface area contributed by atoms with Crippen molar-refractivity contribution in [2.45, 2.75) is 24.4 Å². The lowest BCUT2D eigenvalue weighted by atomic mass is 10.1. The molecule has 0 radical (unpaired) electrons. The molecular formula is C15H17N4O3S2+. The fourth-order valence-corrected chi connectivity index (χ4v) is 3.64. The molecule has 0 fully saturated rings. The van der Waals surface area contributed by atoms with Gasteiger partial charge >= 0.3 is 0 Å². The summed E-state index contributed by atoms with van der Waals surface area (Å²) in [4.78, 5) is 17.2. The molecule has 3 aromatic rings. The van der Waals surface area contributed by atoms with Gasteiger partial charge in [-0.05, 0) is 19.1 Å². The van der Waals surface area contributed by atoms with Gasteiger partial charge in [-0.2, -0.15) is 0 Å². The molecule has 3 rings (SSSR count). The highest BCUT2D eigenvalue weighted by molar-refractivity contribution is 7.89. The summed E-state index contributed by atoms with van der Waals surface area (Å²) in [6.45, 7) is 2.56. The third-order valence-electron chi connectivity index (χ3n) is 3.77. The summed E-state index contributed by atoms with van der Waals surface area (Å²) in [6.07, 6.45) is 1.71. The van der Waals surface area contributed by atoms with E-state index in [2.05, 4.69) is 4.98 Å². The average molecular weight is 365 g/mol. The highest BCUT2D eigenvalue weighted by atomic mass is 32.2. The molecule has 0 saturated heterocycles. The van der Waals surface area contributed by atoms with Crippen LogP contribution in [0.15, 0.2) is 51.6 Å². The molecule has 0 unspecified atom stereocenters. The molecule has 2 heterocycles. The first kappa shape index (κ1) is 16.8. The maximum absolute atomic E-state index is 12.0. The second-order valence-electron chi connectivity index (χ2n) is 5.48. The lowest BCUT2D eigenvalue weighted by molar-refractivity contribution is -0.708. The standard InChI is InChI=1S/C15H16N4O3S2/c1-10(11-2-4-13(5-3-11)24(16,21)22)17-9-12-8-14(20)19-6-7-23-15(19)18-12/h2-8,10,17H,9H2,1H3,(H2,16,21,22)/p+1/t10-/m0/s1. The zero-order chi connectivity index (χ0) is 17.3. The van der Waals surface area contributed by atoms with Crippen LogP contribution in [0.3, 0.4) is 0 Å². The minimum absolute atomic E-state index is 0.0862. The number of sulfonamides is 1. The van der Waals surface area contributed by atoms with E-state index in [0.29, 0.717) is 11.5 Å². The first-order valence-electron chi connectivity index (χ1n) is 7.26. The van der Waals surface area contributed by atoms with Crippen LogP contribution in [0, 0.1) is 0 Å². The van der Waals surface area contributed by atoms with Crippen LogP contribution in [0.4, 0.5) is 0 Å². The predicted molar refractivity (Wildman–Crippen MR) is 91.2 cm³/mol. The number of hydrogen-bond acceptors (Lipinski definition) is 5. The molecular weight excluding hydrogens is 348 g/mol. The number of rotatable bonds is 5. The molecule has 0 bridgehead atoms. The summed E-state index contributed by atoms with van der Waals surface area (Å²) in [5.74, 6) is 0. The fourth-order valence-electron chi connectivity index (χ4n) is 2.39. The monoisotopic (exact) mass is 365 g/mol. The Kier molecular flexibility index (Phi) is 4.50. The summed E-state index contributed by atoms with van der Waals surface area (Å²) < 4.78 is 24.1. The van der Waals surface area contributed by atoms with Gasteiger partial charge in [0.05, 0.1) is 4.90 Å². The molecule has 0 saturated carbocycles. The Balaban J connectivity index is 1.72. The molecule has 2 aromatic heterocycles. The van der Waals surface area contributed by atoms with E-state index < -0.39 is 10.0 Å². The Morgan fingerprint density at radius 1 is 1.33 bits per heavy atom. The number of aromatic nitrogens is 2. The fraction of sp³-hybridized carbons (Fsp3) is 0.200. The zero-order valence-corrected chi connectivity index (χ0v) is 14.5. The van der Waals surface area contributed by atoms with Crippen LogP contribution in [0.25, 0.3) is 4.96 Å². The Labute approximate surface area is 142 Å². The van der Waals surface area contributed by atoms with Crippen LogP contribution in [0.1, 0.15) is 24.2 Å². The quantitative estimate of drug-likeness (QED) is 0.674. The number of nitrogens with two attached hydrogens (primary N) is 2. The van der Waals surface area contributed by atoms with Gasteiger partial charge in [0.1, 0.15) is 18.3 Å². The van der Waals surface area contributed by atoms with Crippen molar-refractivity contribution in [1.82, 2.24) is 9.38 Å². The Morgan fingerprint density at radius 2 is 2.04 bits per heavy atom. The number of quaternary nitrogens is 1. The average Bonchev–Trinajstić information content (AvgIpc) is 3.01. The number of thiazole rings is 1. The molecule has 0 amide bonds. The lowest BCUT2D eigenvalue weighted by Gasteiger charge is -2.11. The van der Waals surface area contributed by atoms with Crippen molar-refractivity contribution in [1.29, 1.82) is 0 Å². The highest BCUT2D eigenvalue weighted by Crippen LogP contribution is 2.13. The van der Waals surface area contributed by atoms with Gasteiger partial charge < -0.3 is 5.32 Å². The molecule has 0 aliphatic carbocycles. The van der Waals surface area contributed by atoms with Crippen molar-refractivity contribution in [2.24, 2.45) is 5.14 Å². The second-order valence-corrected chi connectivity index (χ2v) is 7.92. The zero-order valence-electron chi connectivity index (χ0n) is 12.9. The van der Waals surface area contributed by atoms with Crippen LogP contribution in [0.5, 0.6) is 0 Å². The third kappa shape index (κ3) is 3.54. The summed E-state index contributed by atoms with van der Waals surface area (Å²) >= 11 is 1.42. The summed E-state index contributed by atoms with van der Waals surface area (Å²) in [5, 5.41) is 8.96. The number of fused-ring (bicyclic) bond motifs is 1. The van der Waals surface area contributed by atoms with Crippen LogP contribution >= 0.6 is 11.3 Å². The molecule has 7 nitrogen and oxygen atoms in total. The molecule has 0 aliphatic heterocycles. The van der Waals surface area contributed by atoms with Crippen molar-refractivity contribution in [3.05, 3.63) is 63.5 Å². The number of primary sulfonamides is 1. The molecule has 4 N–H and O–H groups in total. The Morgan fingerprint density at radius 3 is 2.71 bits per heavy atom. The van der Waals surface area contributed by atoms with Crippen LogP contribution in [-0.4, -0.2) is 17.8 Å². The van der Waals surface area contributed by atoms with Crippen molar-refractivity contribution in [2.75, 3.05) is 0 Å². The van der Waals surface area contributed by atoms with Crippen molar-refractivity contribution in [3.63, 3.8) is 0 Å². The first-order chi connectivity index (χ1) is 11.3. The van der Waals surface area contributed by atoms with E-state index in [4.69, 9.17) is 5.14 Å². The van der Waals surface area contributed by atoms with E-state index in [1.165, 1.54) is 33.9 Å². The molecule has 1 atom stereocenters. The van der Waals surface area contributed by atoms with Crippen molar-refractivity contribution < 1.29 is 13.7 Å². The van der Waals surface area contributed by atoms with E-state index in [-0.39, 0.29) is 16.5 Å². The van der Waals surface area contributed by atoms with E-state index >= 15 is 0 Å². The van der Waals surface area contributed by atoms with Gasteiger partial charge in [-0.25, -0.2) is 18.5 Å². The molecule has 24 heavy (non-hydrogen) atoms. The predicted octanol–water partition coefficient (Wildman–Crippen LogP) is 0.228. The van der Waals surface area contributed by atoms with Gasteiger partial charge in [0, 0.05) is 23.2 Å². The SMILES string of the molecule is C[C@H]([NH2+]Cc1cc(=O)n2ccsc2n1)c1ccc(S(N)(=O)=O)cc1. The molecule has 126 valence electrons. The van der Waals surface area contributed by atoms with Gasteiger partial charge in [0.15, 0.2) is 4.96 Å². The Hall–Kier alpha value is -2.07. The maximum Gasteiger partial charge on any atom is 0.258 e. The number of benzene rings is 1. The molecule has 0 spiro atoms. The van der Waals surface area contributed by atoms with Crippen molar-refractivity contribution in [3.8, 4) is 0 Å². The number of nitrogens with zero attached hydrogens (tertiary/aromatic N) is 2. The van der Waals surface area contributed by atoms with Gasteiger partial charge in [0.25, 0.3) is 5.56 Å². The van der Waals surface area contributed by atoms with Gasteiger partial charge in [-0.15, -0.1) is 11.3 Å². The van der Waals surface area contributed by atoms with E-state index in [9.17, 15) is 13.2 Å². The van der Waals surface area contributed by atoms with E-state index in [0.717, 1.165) is 11.3 Å². The second kappa shape index (κ2) is 6.44. The van der Waals surface area contributed by atoms with Crippen molar-refractivity contribution >= 4 is 26.3 Å². The van der Waals surface area contributed by atoms with E-state index in [1.807, 2.05) is 17.6 Å².